The average molecular weight is 274 g/mol. The molecule has 0 aliphatic rings. The van der Waals surface area contributed by atoms with E-state index >= 15 is 0 Å². The van der Waals surface area contributed by atoms with Crippen molar-refractivity contribution in [3.8, 4) is 17.2 Å². The molecular formula is C15H14O5. The summed E-state index contributed by atoms with van der Waals surface area (Å²) in [6.45, 7) is 1.65. The fourth-order valence-corrected chi connectivity index (χ4v) is 1.68. The molecule has 0 heterocycles. The van der Waals surface area contributed by atoms with Gasteiger partial charge in [0.15, 0.2) is 11.5 Å². The van der Waals surface area contributed by atoms with Gasteiger partial charge in [0.25, 0.3) is 0 Å². The summed E-state index contributed by atoms with van der Waals surface area (Å²) >= 11 is 0. The van der Waals surface area contributed by atoms with Crippen LogP contribution in [-0.4, -0.2) is 22.5 Å². The zero-order valence-electron chi connectivity index (χ0n) is 10.8. The molecule has 0 saturated carbocycles. The number of hydrogen-bond donors (Lipinski definition) is 2. The van der Waals surface area contributed by atoms with Gasteiger partial charge < -0.3 is 19.7 Å². The highest BCUT2D eigenvalue weighted by Gasteiger charge is 2.16. The van der Waals surface area contributed by atoms with Gasteiger partial charge in [-0.15, -0.1) is 0 Å². The van der Waals surface area contributed by atoms with E-state index in [-0.39, 0.29) is 11.3 Å². The molecule has 0 saturated heterocycles. The number of carboxylic acid groups (broad SMARTS) is 1. The molecule has 0 spiro atoms. The van der Waals surface area contributed by atoms with Crippen LogP contribution in [0.5, 0.6) is 17.2 Å². The first kappa shape index (κ1) is 13.7. The van der Waals surface area contributed by atoms with E-state index in [9.17, 15) is 9.90 Å². The highest BCUT2D eigenvalue weighted by Crippen LogP contribution is 2.30. The van der Waals surface area contributed by atoms with Gasteiger partial charge in [-0.2, -0.15) is 0 Å². The van der Waals surface area contributed by atoms with E-state index in [2.05, 4.69) is 0 Å². The predicted molar refractivity (Wildman–Crippen MR) is 72.2 cm³/mol. The van der Waals surface area contributed by atoms with Crippen LogP contribution in [0.25, 0.3) is 0 Å². The summed E-state index contributed by atoms with van der Waals surface area (Å²) in [5.41, 5.74) is -0.214. The monoisotopic (exact) mass is 274 g/mol. The maximum atomic E-state index is 10.9. The van der Waals surface area contributed by atoms with E-state index in [1.807, 2.05) is 18.2 Å². The van der Waals surface area contributed by atoms with Crippen LogP contribution in [0.15, 0.2) is 48.5 Å². The van der Waals surface area contributed by atoms with Gasteiger partial charge in [0.1, 0.15) is 11.3 Å². The highest BCUT2D eigenvalue weighted by molar-refractivity contribution is 5.91. The quantitative estimate of drug-likeness (QED) is 0.820. The lowest BCUT2D eigenvalue weighted by Gasteiger charge is -2.17. The van der Waals surface area contributed by atoms with Crippen molar-refractivity contribution in [1.82, 2.24) is 0 Å². The fourth-order valence-electron chi connectivity index (χ4n) is 1.68. The van der Waals surface area contributed by atoms with Gasteiger partial charge in [0, 0.05) is 6.92 Å². The Morgan fingerprint density at radius 2 is 1.75 bits per heavy atom. The molecule has 0 aromatic heterocycles. The zero-order chi connectivity index (χ0) is 14.5. The predicted octanol–water partition coefficient (Wildman–Crippen LogP) is 2.89. The molecule has 2 N–H and O–H groups in total. The third-order valence-corrected chi connectivity index (χ3v) is 2.57. The molecule has 2 aromatic carbocycles. The molecule has 0 fully saturated rings. The molecule has 1 unspecified atom stereocenters. The Morgan fingerprint density at radius 3 is 2.40 bits per heavy atom. The van der Waals surface area contributed by atoms with Crippen molar-refractivity contribution >= 4 is 5.97 Å². The number of ether oxygens (including phenoxy) is 2. The molecule has 5 nitrogen and oxygen atoms in total. The lowest BCUT2D eigenvalue weighted by molar-refractivity contribution is 0.0200. The Hall–Kier alpha value is -2.69. The van der Waals surface area contributed by atoms with Crippen molar-refractivity contribution in [2.45, 2.75) is 13.2 Å². The standard InChI is InChI=1S/C15H14O5/c1-10(19-11-6-3-2-4-7-11)20-13-9-5-8-12(14(13)16)15(17)18/h2-10,16H,1H3,(H,17,18). The van der Waals surface area contributed by atoms with E-state index < -0.39 is 18.0 Å². The van der Waals surface area contributed by atoms with Crippen LogP contribution in [-0.2, 0) is 0 Å². The lowest BCUT2D eigenvalue weighted by Crippen LogP contribution is -2.19. The molecule has 5 heteroatoms. The molecule has 20 heavy (non-hydrogen) atoms. The van der Waals surface area contributed by atoms with Crippen LogP contribution >= 0.6 is 0 Å². The molecule has 0 aliphatic carbocycles. The third kappa shape index (κ3) is 3.20. The van der Waals surface area contributed by atoms with E-state index in [0.717, 1.165) is 0 Å². The van der Waals surface area contributed by atoms with E-state index in [4.69, 9.17) is 14.6 Å². The van der Waals surface area contributed by atoms with Crippen molar-refractivity contribution in [3.63, 3.8) is 0 Å². The smallest absolute Gasteiger partial charge is 0.339 e. The Bertz CT molecular complexity index is 594. The van der Waals surface area contributed by atoms with Crippen LogP contribution in [0.2, 0.25) is 0 Å². The molecular weight excluding hydrogens is 260 g/mol. The highest BCUT2D eigenvalue weighted by atomic mass is 16.7. The molecule has 0 radical (unpaired) electrons. The maximum absolute atomic E-state index is 10.9. The van der Waals surface area contributed by atoms with Crippen LogP contribution < -0.4 is 9.47 Å². The number of aromatic hydroxyl groups is 1. The maximum Gasteiger partial charge on any atom is 0.339 e. The van der Waals surface area contributed by atoms with Crippen molar-refractivity contribution in [2.75, 3.05) is 0 Å². The number of carbonyl (C=O) groups is 1. The van der Waals surface area contributed by atoms with Gasteiger partial charge in [-0.25, -0.2) is 4.79 Å². The summed E-state index contributed by atoms with van der Waals surface area (Å²) in [5, 5.41) is 18.7. The first-order valence-electron chi connectivity index (χ1n) is 6.01. The van der Waals surface area contributed by atoms with Crippen LogP contribution in [0.1, 0.15) is 17.3 Å². The van der Waals surface area contributed by atoms with E-state index in [1.165, 1.54) is 18.2 Å². The average Bonchev–Trinajstić information content (AvgIpc) is 2.42. The normalized spacial score (nSPS) is 11.7. The van der Waals surface area contributed by atoms with E-state index in [1.54, 1.807) is 19.1 Å². The van der Waals surface area contributed by atoms with Gasteiger partial charge in [0.2, 0.25) is 6.29 Å². The summed E-state index contributed by atoms with van der Waals surface area (Å²) in [4.78, 5) is 10.9. The first-order chi connectivity index (χ1) is 9.58. The molecule has 0 amide bonds. The second-order valence-corrected chi connectivity index (χ2v) is 4.07. The molecule has 104 valence electrons. The van der Waals surface area contributed by atoms with E-state index in [0.29, 0.717) is 5.75 Å². The Morgan fingerprint density at radius 1 is 1.05 bits per heavy atom. The molecule has 2 rings (SSSR count). The summed E-state index contributed by atoms with van der Waals surface area (Å²) in [6.07, 6.45) is -0.674. The minimum Gasteiger partial charge on any atom is -0.504 e. The summed E-state index contributed by atoms with van der Waals surface area (Å²) in [6, 6.07) is 13.3. The molecule has 0 bridgehead atoms. The Balaban J connectivity index is 2.10. The SMILES string of the molecule is CC(Oc1ccccc1)Oc1cccc(C(=O)O)c1O. The number of phenols is 1. The van der Waals surface area contributed by atoms with Gasteiger partial charge in [0.05, 0.1) is 0 Å². The number of carboxylic acids is 1. The minimum absolute atomic E-state index is 0.0633. The second-order valence-electron chi connectivity index (χ2n) is 4.07. The summed E-state index contributed by atoms with van der Waals surface area (Å²) in [5.74, 6) is -0.949. The van der Waals surface area contributed by atoms with Gasteiger partial charge in [-0.3, -0.25) is 0 Å². The Kier molecular flexibility index (Phi) is 4.10. The largest absolute Gasteiger partial charge is 0.504 e. The Labute approximate surface area is 116 Å². The van der Waals surface area contributed by atoms with Gasteiger partial charge in [-0.1, -0.05) is 24.3 Å². The first-order valence-corrected chi connectivity index (χ1v) is 6.01. The van der Waals surface area contributed by atoms with Crippen LogP contribution in [0.4, 0.5) is 0 Å². The lowest BCUT2D eigenvalue weighted by atomic mass is 10.2. The summed E-state index contributed by atoms with van der Waals surface area (Å²) in [7, 11) is 0. The molecule has 2 aromatic rings. The van der Waals surface area contributed by atoms with Crippen molar-refractivity contribution in [2.24, 2.45) is 0 Å². The van der Waals surface area contributed by atoms with Crippen molar-refractivity contribution in [3.05, 3.63) is 54.1 Å². The van der Waals surface area contributed by atoms with Crippen LogP contribution in [0, 0.1) is 0 Å². The zero-order valence-corrected chi connectivity index (χ0v) is 10.8. The fraction of sp³-hybridized carbons (Fsp3) is 0.133. The molecule has 0 aliphatic heterocycles. The third-order valence-electron chi connectivity index (χ3n) is 2.57. The van der Waals surface area contributed by atoms with Gasteiger partial charge >= 0.3 is 5.97 Å². The minimum atomic E-state index is -1.22. The van der Waals surface area contributed by atoms with Crippen molar-refractivity contribution in [1.29, 1.82) is 0 Å². The number of benzene rings is 2. The summed E-state index contributed by atoms with van der Waals surface area (Å²) < 4.78 is 10.9. The number of rotatable bonds is 5. The van der Waals surface area contributed by atoms with Crippen molar-refractivity contribution < 1.29 is 24.5 Å². The topological polar surface area (TPSA) is 76.0 Å². The molecule has 1 atom stereocenters. The number of para-hydroxylation sites is 2. The second kappa shape index (κ2) is 5.97. The van der Waals surface area contributed by atoms with Crippen LogP contribution in [0.3, 0.4) is 0 Å². The number of hydrogen-bond acceptors (Lipinski definition) is 4. The number of aromatic carboxylic acids is 1. The van der Waals surface area contributed by atoms with Gasteiger partial charge in [-0.05, 0) is 24.3 Å².